The molecule has 7 heteroatoms. The van der Waals surface area contributed by atoms with Gasteiger partial charge in [-0.1, -0.05) is 0 Å². The lowest BCUT2D eigenvalue weighted by atomic mass is 10.0. The first-order chi connectivity index (χ1) is 10.2. The van der Waals surface area contributed by atoms with Gasteiger partial charge in [-0.15, -0.1) is 11.8 Å². The lowest BCUT2D eigenvalue weighted by molar-refractivity contribution is -0.141. The molecule has 2 atom stereocenters. The van der Waals surface area contributed by atoms with Crippen LogP contribution >= 0.6 is 11.8 Å². The highest BCUT2D eigenvalue weighted by molar-refractivity contribution is 8.00. The molecule has 3 aliphatic rings. The smallest absolute Gasteiger partial charge is 0.327 e. The van der Waals surface area contributed by atoms with Crippen LogP contribution in [0.1, 0.15) is 25.7 Å². The molecular formula is C14H22N2O4S. The van der Waals surface area contributed by atoms with E-state index in [1.807, 2.05) is 0 Å². The molecule has 0 aromatic rings. The Hall–Kier alpha value is -0.950. The van der Waals surface area contributed by atoms with Gasteiger partial charge in [0.15, 0.2) is 0 Å². The Balaban J connectivity index is 1.58. The van der Waals surface area contributed by atoms with Crippen molar-refractivity contribution in [3.63, 3.8) is 0 Å². The Bertz CT molecular complexity index is 410. The number of carbonyl (C=O) groups is 2. The minimum atomic E-state index is -0.896. The van der Waals surface area contributed by atoms with E-state index in [0.29, 0.717) is 24.1 Å². The summed E-state index contributed by atoms with van der Waals surface area (Å²) in [5.74, 6) is 0.530. The van der Waals surface area contributed by atoms with Gasteiger partial charge in [0.1, 0.15) is 6.04 Å². The number of urea groups is 1. The number of thioether (sulfide) groups is 1. The van der Waals surface area contributed by atoms with Crippen LogP contribution in [0.4, 0.5) is 4.79 Å². The van der Waals surface area contributed by atoms with Crippen molar-refractivity contribution in [3.05, 3.63) is 0 Å². The molecular weight excluding hydrogens is 292 g/mol. The Labute approximate surface area is 128 Å². The van der Waals surface area contributed by atoms with Gasteiger partial charge in [-0.2, -0.15) is 0 Å². The summed E-state index contributed by atoms with van der Waals surface area (Å²) >= 11 is 1.61. The first-order valence-corrected chi connectivity index (χ1v) is 8.70. The fraction of sp³-hybridized carbons (Fsp3) is 0.857. The van der Waals surface area contributed by atoms with Crippen LogP contribution in [0.25, 0.3) is 0 Å². The van der Waals surface area contributed by atoms with Gasteiger partial charge in [-0.05, 0) is 37.5 Å². The molecule has 3 rings (SSSR count). The topological polar surface area (TPSA) is 78.9 Å². The summed E-state index contributed by atoms with van der Waals surface area (Å²) in [5.41, 5.74) is 0. The van der Waals surface area contributed by atoms with Crippen LogP contribution in [0.15, 0.2) is 0 Å². The predicted molar refractivity (Wildman–Crippen MR) is 79.2 cm³/mol. The monoisotopic (exact) mass is 314 g/mol. The van der Waals surface area contributed by atoms with Crippen LogP contribution in [0, 0.1) is 11.8 Å². The molecule has 0 aromatic carbocycles. The molecule has 0 bridgehead atoms. The highest BCUT2D eigenvalue weighted by Gasteiger charge is 2.48. The van der Waals surface area contributed by atoms with Crippen LogP contribution in [-0.4, -0.2) is 58.9 Å². The SMILES string of the molecule is O=C(O)C1CSC(C2CC2)N1C(=O)NCC1CCOCC1. The first kappa shape index (κ1) is 15.0. The van der Waals surface area contributed by atoms with E-state index < -0.39 is 12.0 Å². The van der Waals surface area contributed by atoms with Crippen molar-refractivity contribution < 1.29 is 19.4 Å². The third-order valence-electron chi connectivity index (χ3n) is 4.46. The normalized spacial score (nSPS) is 30.4. The molecule has 0 spiro atoms. The number of aliphatic carboxylic acids is 1. The van der Waals surface area contributed by atoms with Gasteiger partial charge in [0.2, 0.25) is 0 Å². The zero-order valence-electron chi connectivity index (χ0n) is 12.0. The highest BCUT2D eigenvalue weighted by atomic mass is 32.2. The van der Waals surface area contributed by atoms with E-state index in [0.717, 1.165) is 38.9 Å². The molecule has 1 aliphatic carbocycles. The number of carboxylic acid groups (broad SMARTS) is 1. The number of nitrogens with zero attached hydrogens (tertiary/aromatic N) is 1. The summed E-state index contributed by atoms with van der Waals surface area (Å²) in [7, 11) is 0. The molecule has 21 heavy (non-hydrogen) atoms. The number of carboxylic acids is 1. The van der Waals surface area contributed by atoms with E-state index in [1.165, 1.54) is 0 Å². The maximum absolute atomic E-state index is 12.5. The number of hydrogen-bond donors (Lipinski definition) is 2. The lowest BCUT2D eigenvalue weighted by Crippen LogP contribution is -2.51. The quantitative estimate of drug-likeness (QED) is 0.819. The van der Waals surface area contributed by atoms with Crippen molar-refractivity contribution in [2.24, 2.45) is 11.8 Å². The third kappa shape index (κ3) is 3.45. The molecule has 0 aromatic heterocycles. The minimum absolute atomic E-state index is 0.0424. The number of rotatable bonds is 4. The fourth-order valence-electron chi connectivity index (χ4n) is 2.99. The summed E-state index contributed by atoms with van der Waals surface area (Å²) < 4.78 is 5.31. The van der Waals surface area contributed by atoms with E-state index in [-0.39, 0.29) is 11.4 Å². The molecule has 1 saturated carbocycles. The first-order valence-electron chi connectivity index (χ1n) is 7.65. The van der Waals surface area contributed by atoms with E-state index in [1.54, 1.807) is 16.7 Å². The van der Waals surface area contributed by atoms with Crippen molar-refractivity contribution in [1.82, 2.24) is 10.2 Å². The van der Waals surface area contributed by atoms with Gasteiger partial charge in [-0.3, -0.25) is 4.90 Å². The second kappa shape index (κ2) is 6.44. The van der Waals surface area contributed by atoms with Crippen molar-refractivity contribution >= 4 is 23.8 Å². The third-order valence-corrected chi connectivity index (χ3v) is 5.92. The van der Waals surface area contributed by atoms with Gasteiger partial charge < -0.3 is 15.2 Å². The predicted octanol–water partition coefficient (Wildman–Crippen LogP) is 1.36. The maximum atomic E-state index is 12.5. The Morgan fingerprint density at radius 2 is 1.95 bits per heavy atom. The summed E-state index contributed by atoms with van der Waals surface area (Å²) in [5, 5.41) is 12.3. The number of nitrogens with one attached hydrogen (secondary N) is 1. The average molecular weight is 314 g/mol. The molecule has 2 N–H and O–H groups in total. The molecule has 0 radical (unpaired) electrons. The van der Waals surface area contributed by atoms with Crippen LogP contribution in [0.2, 0.25) is 0 Å². The standard InChI is InChI=1S/C14H22N2O4S/c17-13(18)11-8-21-12(10-1-2-10)16(11)14(19)15-7-9-3-5-20-6-4-9/h9-12H,1-8H2,(H,15,19)(H,17,18). The molecule has 3 fully saturated rings. The molecule has 6 nitrogen and oxygen atoms in total. The van der Waals surface area contributed by atoms with E-state index in [9.17, 15) is 14.7 Å². The maximum Gasteiger partial charge on any atom is 0.327 e. The van der Waals surface area contributed by atoms with Crippen LogP contribution < -0.4 is 5.32 Å². The van der Waals surface area contributed by atoms with Gasteiger partial charge >= 0.3 is 12.0 Å². The van der Waals surface area contributed by atoms with Crippen molar-refractivity contribution in [2.45, 2.75) is 37.1 Å². The van der Waals surface area contributed by atoms with E-state index in [2.05, 4.69) is 5.32 Å². The zero-order chi connectivity index (χ0) is 14.8. The lowest BCUT2D eigenvalue weighted by Gasteiger charge is -2.29. The average Bonchev–Trinajstić information content (AvgIpc) is 3.24. The van der Waals surface area contributed by atoms with Crippen molar-refractivity contribution in [2.75, 3.05) is 25.5 Å². The number of hydrogen-bond acceptors (Lipinski definition) is 4. The second-order valence-electron chi connectivity index (χ2n) is 6.06. The number of carbonyl (C=O) groups excluding carboxylic acids is 1. The summed E-state index contributed by atoms with van der Waals surface area (Å²) in [4.78, 5) is 25.4. The molecule has 2 heterocycles. The van der Waals surface area contributed by atoms with Crippen LogP contribution in [-0.2, 0) is 9.53 Å². The van der Waals surface area contributed by atoms with Gasteiger partial charge in [-0.25, -0.2) is 9.59 Å². The van der Waals surface area contributed by atoms with Crippen molar-refractivity contribution in [1.29, 1.82) is 0 Å². The second-order valence-corrected chi connectivity index (χ2v) is 7.21. The van der Waals surface area contributed by atoms with E-state index >= 15 is 0 Å². The van der Waals surface area contributed by atoms with Crippen molar-refractivity contribution in [3.8, 4) is 0 Å². The zero-order valence-corrected chi connectivity index (χ0v) is 12.8. The van der Waals surface area contributed by atoms with Gasteiger partial charge in [0, 0.05) is 25.5 Å². The minimum Gasteiger partial charge on any atom is -0.480 e. The highest BCUT2D eigenvalue weighted by Crippen LogP contribution is 2.45. The molecule has 2 amide bonds. The molecule has 118 valence electrons. The Morgan fingerprint density at radius 3 is 2.57 bits per heavy atom. The summed E-state index contributed by atoms with van der Waals surface area (Å²) in [6, 6.07) is -0.897. The van der Waals surface area contributed by atoms with E-state index in [4.69, 9.17) is 4.74 Å². The van der Waals surface area contributed by atoms with Crippen LogP contribution in [0.5, 0.6) is 0 Å². The largest absolute Gasteiger partial charge is 0.480 e. The fourth-order valence-corrected chi connectivity index (χ4v) is 4.62. The summed E-state index contributed by atoms with van der Waals surface area (Å²) in [6.07, 6.45) is 4.13. The molecule has 2 aliphatic heterocycles. The Morgan fingerprint density at radius 1 is 1.24 bits per heavy atom. The van der Waals surface area contributed by atoms with Gasteiger partial charge in [0.05, 0.1) is 5.37 Å². The van der Waals surface area contributed by atoms with Crippen LogP contribution in [0.3, 0.4) is 0 Å². The molecule has 2 saturated heterocycles. The Kier molecular flexibility index (Phi) is 4.59. The molecule has 2 unspecified atom stereocenters. The number of ether oxygens (including phenoxy) is 1. The number of amides is 2. The van der Waals surface area contributed by atoms with Gasteiger partial charge in [0.25, 0.3) is 0 Å². The summed E-state index contributed by atoms with van der Waals surface area (Å²) in [6.45, 7) is 2.12.